The topological polar surface area (TPSA) is 157 Å². The minimum Gasteiger partial charge on any atom is -0.377 e. The van der Waals surface area contributed by atoms with E-state index in [4.69, 9.17) is 80.5 Å². The maximum absolute atomic E-state index is 5.61. The summed E-state index contributed by atoms with van der Waals surface area (Å²) in [5, 5.41) is 0. The normalized spacial score (nSPS) is 17.7. The molecule has 0 aliphatic carbocycles. The van der Waals surface area contributed by atoms with Gasteiger partial charge in [0, 0.05) is 13.2 Å². The van der Waals surface area contributed by atoms with Crippen molar-refractivity contribution in [2.45, 2.75) is 51.1 Å². The average molecular weight is 803 g/mol. The van der Waals surface area contributed by atoms with Gasteiger partial charge in [-0.1, -0.05) is 0 Å². The third-order valence-electron chi connectivity index (χ3n) is 7.80. The average Bonchev–Trinajstić information content (AvgIpc) is 3.22. The number of hydrogen-bond acceptors (Lipinski definition) is 17. The van der Waals surface area contributed by atoms with Crippen LogP contribution in [0.15, 0.2) is 0 Å². The second kappa shape index (κ2) is 42.9. The Balaban J connectivity index is 1.10. The summed E-state index contributed by atoms with van der Waals surface area (Å²) in [6.07, 6.45) is 6.36. The lowest BCUT2D eigenvalue weighted by Gasteiger charge is -2.22. The monoisotopic (exact) mass is 802 g/mol. The van der Waals surface area contributed by atoms with Gasteiger partial charge in [0.2, 0.25) is 0 Å². The Hall–Kier alpha value is -0.680. The maximum atomic E-state index is 5.61. The molecule has 0 amide bonds. The molecule has 0 saturated carbocycles. The Labute approximate surface area is 329 Å². The molecule has 0 aromatic rings. The van der Waals surface area contributed by atoms with E-state index in [0.29, 0.717) is 185 Å². The molecular formula is C38H74O17. The fourth-order valence-electron chi connectivity index (χ4n) is 4.90. The Morgan fingerprint density at radius 2 is 0.418 bits per heavy atom. The van der Waals surface area contributed by atoms with Gasteiger partial charge in [-0.15, -0.1) is 0 Å². The van der Waals surface area contributed by atoms with Crippen LogP contribution < -0.4 is 0 Å². The molecule has 2 fully saturated rings. The Morgan fingerprint density at radius 3 is 0.582 bits per heavy atom. The van der Waals surface area contributed by atoms with Crippen molar-refractivity contribution >= 4 is 0 Å². The molecule has 55 heavy (non-hydrogen) atoms. The molecule has 2 rings (SSSR count). The van der Waals surface area contributed by atoms with Crippen molar-refractivity contribution in [2.75, 3.05) is 198 Å². The van der Waals surface area contributed by atoms with E-state index in [1.807, 2.05) is 0 Å². The third-order valence-corrected chi connectivity index (χ3v) is 7.80. The van der Waals surface area contributed by atoms with Gasteiger partial charge in [0.05, 0.1) is 185 Å². The standard InChI is InChI=1S/C38H74O17/c1-3-7-52-37(5-1)54-35-33-50-31-29-48-27-25-46-23-21-44-19-17-42-15-13-40-11-9-39-10-12-41-14-16-43-18-20-45-22-24-47-26-28-49-30-32-51-34-36-55-38-6-2-4-8-53-38/h37-38H,1-36H2. The highest BCUT2D eigenvalue weighted by molar-refractivity contribution is 4.54. The summed E-state index contributed by atoms with van der Waals surface area (Å²) < 4.78 is 93.7. The minimum atomic E-state index is -0.0687. The molecule has 2 aliphatic rings. The van der Waals surface area contributed by atoms with E-state index < -0.39 is 0 Å². The van der Waals surface area contributed by atoms with Crippen molar-refractivity contribution in [3.63, 3.8) is 0 Å². The van der Waals surface area contributed by atoms with E-state index >= 15 is 0 Å². The number of ether oxygens (including phenoxy) is 17. The van der Waals surface area contributed by atoms with E-state index in [2.05, 4.69) is 0 Å². The Bertz CT molecular complexity index is 673. The molecule has 0 spiro atoms. The first-order chi connectivity index (χ1) is 27.4. The SMILES string of the molecule is C1CCC(OCCOCCOCCOCCOCCOCCOCCOCCOCCOCCOCCOCCOCCOCCOC2CCCCO2)OC1. The van der Waals surface area contributed by atoms with Crippen LogP contribution in [-0.4, -0.2) is 211 Å². The quantitative estimate of drug-likeness (QED) is 0.0827. The molecule has 328 valence electrons. The van der Waals surface area contributed by atoms with Crippen LogP contribution >= 0.6 is 0 Å². The zero-order chi connectivity index (χ0) is 38.6. The summed E-state index contributed by atoms with van der Waals surface area (Å²) in [7, 11) is 0. The first-order valence-electron chi connectivity index (χ1n) is 20.4. The lowest BCUT2D eigenvalue weighted by Crippen LogP contribution is -2.24. The molecule has 0 bridgehead atoms. The van der Waals surface area contributed by atoms with E-state index in [1.165, 1.54) is 0 Å². The van der Waals surface area contributed by atoms with Crippen molar-refractivity contribution < 1.29 is 80.5 Å². The van der Waals surface area contributed by atoms with Crippen molar-refractivity contribution in [2.24, 2.45) is 0 Å². The van der Waals surface area contributed by atoms with Gasteiger partial charge in [-0.3, -0.25) is 0 Å². The lowest BCUT2D eigenvalue weighted by molar-refractivity contribution is -0.169. The van der Waals surface area contributed by atoms with E-state index in [1.54, 1.807) is 0 Å². The van der Waals surface area contributed by atoms with Crippen LogP contribution in [0.1, 0.15) is 38.5 Å². The van der Waals surface area contributed by atoms with Gasteiger partial charge in [-0.05, 0) is 38.5 Å². The fourth-order valence-corrected chi connectivity index (χ4v) is 4.90. The molecule has 17 heteroatoms. The van der Waals surface area contributed by atoms with Gasteiger partial charge >= 0.3 is 0 Å². The summed E-state index contributed by atoms with van der Waals surface area (Å²) >= 11 is 0. The highest BCUT2D eigenvalue weighted by Gasteiger charge is 2.14. The van der Waals surface area contributed by atoms with Gasteiger partial charge in [0.1, 0.15) is 0 Å². The van der Waals surface area contributed by atoms with E-state index in [0.717, 1.165) is 51.7 Å². The Morgan fingerprint density at radius 1 is 0.236 bits per heavy atom. The summed E-state index contributed by atoms with van der Waals surface area (Å²) in [5.74, 6) is 0. The summed E-state index contributed by atoms with van der Waals surface area (Å²) in [4.78, 5) is 0. The van der Waals surface area contributed by atoms with Crippen LogP contribution in [0.3, 0.4) is 0 Å². The molecule has 0 aromatic heterocycles. The van der Waals surface area contributed by atoms with Gasteiger partial charge < -0.3 is 80.5 Å². The van der Waals surface area contributed by atoms with Crippen molar-refractivity contribution in [3.05, 3.63) is 0 Å². The van der Waals surface area contributed by atoms with Crippen molar-refractivity contribution in [3.8, 4) is 0 Å². The van der Waals surface area contributed by atoms with Crippen molar-refractivity contribution in [1.82, 2.24) is 0 Å². The van der Waals surface area contributed by atoms with Gasteiger partial charge in [-0.25, -0.2) is 0 Å². The molecule has 2 heterocycles. The maximum Gasteiger partial charge on any atom is 0.157 e. The van der Waals surface area contributed by atoms with Gasteiger partial charge in [0.25, 0.3) is 0 Å². The molecular weight excluding hydrogens is 728 g/mol. The molecule has 0 radical (unpaired) electrons. The van der Waals surface area contributed by atoms with Crippen LogP contribution in [0.4, 0.5) is 0 Å². The molecule has 2 saturated heterocycles. The van der Waals surface area contributed by atoms with Crippen LogP contribution in [0, 0.1) is 0 Å². The zero-order valence-corrected chi connectivity index (χ0v) is 33.6. The summed E-state index contributed by atoms with van der Waals surface area (Å²) in [6, 6.07) is 0. The number of hydrogen-bond donors (Lipinski definition) is 0. The highest BCUT2D eigenvalue weighted by atomic mass is 16.7. The Kier molecular flexibility index (Phi) is 39.4. The number of rotatable bonds is 44. The highest BCUT2D eigenvalue weighted by Crippen LogP contribution is 2.14. The second-order valence-electron chi connectivity index (χ2n) is 12.3. The molecule has 17 nitrogen and oxygen atoms in total. The largest absolute Gasteiger partial charge is 0.377 e. The first kappa shape index (κ1) is 50.5. The van der Waals surface area contributed by atoms with Gasteiger partial charge in [-0.2, -0.15) is 0 Å². The van der Waals surface area contributed by atoms with Crippen LogP contribution in [0.2, 0.25) is 0 Å². The minimum absolute atomic E-state index is 0.0687. The van der Waals surface area contributed by atoms with Crippen molar-refractivity contribution in [1.29, 1.82) is 0 Å². The van der Waals surface area contributed by atoms with Crippen LogP contribution in [-0.2, 0) is 80.5 Å². The van der Waals surface area contributed by atoms with E-state index in [9.17, 15) is 0 Å². The zero-order valence-electron chi connectivity index (χ0n) is 33.6. The molecule has 0 aromatic carbocycles. The predicted molar refractivity (Wildman–Crippen MR) is 200 cm³/mol. The molecule has 2 aliphatic heterocycles. The van der Waals surface area contributed by atoms with Gasteiger partial charge in [0.15, 0.2) is 12.6 Å². The molecule has 2 unspecified atom stereocenters. The molecule has 0 N–H and O–H groups in total. The third kappa shape index (κ3) is 37.3. The molecule has 2 atom stereocenters. The fraction of sp³-hybridized carbons (Fsp3) is 1.00. The van der Waals surface area contributed by atoms with Crippen LogP contribution in [0.25, 0.3) is 0 Å². The summed E-state index contributed by atoms with van der Waals surface area (Å²) in [5.41, 5.74) is 0. The first-order valence-corrected chi connectivity index (χ1v) is 20.4. The predicted octanol–water partition coefficient (Wildman–Crippen LogP) is 2.29. The second-order valence-corrected chi connectivity index (χ2v) is 12.3. The lowest BCUT2D eigenvalue weighted by atomic mass is 10.2. The summed E-state index contributed by atoms with van der Waals surface area (Å²) in [6.45, 7) is 16.1. The smallest absolute Gasteiger partial charge is 0.157 e. The van der Waals surface area contributed by atoms with Crippen LogP contribution in [0.5, 0.6) is 0 Å². The van der Waals surface area contributed by atoms with E-state index in [-0.39, 0.29) is 12.6 Å².